The summed E-state index contributed by atoms with van der Waals surface area (Å²) < 4.78 is 15.5. The van der Waals surface area contributed by atoms with E-state index in [4.69, 9.17) is 14.0 Å². The Balaban J connectivity index is 1.54. The molecule has 122 valence electrons. The minimum atomic E-state index is -0.383. The highest BCUT2D eigenvalue weighted by Gasteiger charge is 2.11. The van der Waals surface area contributed by atoms with Crippen molar-refractivity contribution in [3.63, 3.8) is 0 Å². The molecule has 2 aromatic carbocycles. The highest BCUT2D eigenvalue weighted by atomic mass is 16.5. The number of amides is 1. The number of rotatable bonds is 6. The first-order valence-electron chi connectivity index (χ1n) is 7.20. The van der Waals surface area contributed by atoms with Crippen molar-refractivity contribution in [2.24, 2.45) is 0 Å². The highest BCUT2D eigenvalue weighted by molar-refractivity contribution is 5.90. The Morgan fingerprint density at radius 1 is 1.08 bits per heavy atom. The molecule has 3 aromatic rings. The van der Waals surface area contributed by atoms with E-state index >= 15 is 0 Å². The number of anilines is 1. The van der Waals surface area contributed by atoms with Crippen LogP contribution in [0.2, 0.25) is 0 Å². The van der Waals surface area contributed by atoms with Crippen LogP contribution in [0.25, 0.3) is 11.5 Å². The average molecular weight is 325 g/mol. The molecule has 0 saturated heterocycles. The SMILES string of the molecule is COc1ccc(OCC(=O)Nc2noc(-c3ccccc3)n2)cc1. The lowest BCUT2D eigenvalue weighted by molar-refractivity contribution is -0.118. The molecule has 1 aromatic heterocycles. The van der Waals surface area contributed by atoms with Gasteiger partial charge < -0.3 is 14.0 Å². The molecule has 0 fully saturated rings. The molecule has 1 amide bonds. The standard InChI is InChI=1S/C17H15N3O4/c1-22-13-7-9-14(10-8-13)23-11-15(21)18-17-19-16(24-20-17)12-5-3-2-4-6-12/h2-10H,11H2,1H3,(H,18,20,21). The number of ether oxygens (including phenoxy) is 2. The molecule has 1 N–H and O–H groups in total. The topological polar surface area (TPSA) is 86.5 Å². The van der Waals surface area contributed by atoms with Gasteiger partial charge in [0, 0.05) is 5.56 Å². The summed E-state index contributed by atoms with van der Waals surface area (Å²) in [5, 5.41) is 6.24. The third-order valence-corrected chi connectivity index (χ3v) is 3.13. The molecule has 1 heterocycles. The maximum absolute atomic E-state index is 11.9. The fourth-order valence-corrected chi connectivity index (χ4v) is 1.95. The van der Waals surface area contributed by atoms with E-state index in [0.717, 1.165) is 5.56 Å². The largest absolute Gasteiger partial charge is 0.497 e. The first-order chi connectivity index (χ1) is 11.7. The van der Waals surface area contributed by atoms with Crippen LogP contribution in [0.3, 0.4) is 0 Å². The van der Waals surface area contributed by atoms with Crippen LogP contribution in [-0.2, 0) is 4.79 Å². The molecule has 0 atom stereocenters. The van der Waals surface area contributed by atoms with E-state index in [9.17, 15) is 4.79 Å². The van der Waals surface area contributed by atoms with E-state index in [2.05, 4.69) is 15.5 Å². The molecule has 0 saturated carbocycles. The number of carbonyl (C=O) groups excluding carboxylic acids is 1. The molecule has 24 heavy (non-hydrogen) atoms. The third-order valence-electron chi connectivity index (χ3n) is 3.13. The van der Waals surface area contributed by atoms with E-state index < -0.39 is 0 Å². The number of hydrogen-bond acceptors (Lipinski definition) is 6. The third kappa shape index (κ3) is 3.89. The summed E-state index contributed by atoms with van der Waals surface area (Å²) in [5.74, 6) is 1.32. The maximum atomic E-state index is 11.9. The first kappa shape index (κ1) is 15.5. The smallest absolute Gasteiger partial charge is 0.270 e. The summed E-state index contributed by atoms with van der Waals surface area (Å²) in [6.07, 6.45) is 0. The second kappa shape index (κ2) is 7.28. The number of aromatic nitrogens is 2. The molecular formula is C17H15N3O4. The molecule has 3 rings (SSSR count). The predicted molar refractivity (Wildman–Crippen MR) is 86.9 cm³/mol. The molecule has 7 heteroatoms. The van der Waals surface area contributed by atoms with Crippen LogP contribution in [0.5, 0.6) is 11.5 Å². The van der Waals surface area contributed by atoms with E-state index in [1.807, 2.05) is 30.3 Å². The quantitative estimate of drug-likeness (QED) is 0.750. The fraction of sp³-hybridized carbons (Fsp3) is 0.118. The van der Waals surface area contributed by atoms with E-state index in [1.54, 1.807) is 31.4 Å². The Hall–Kier alpha value is -3.35. The number of hydrogen-bond donors (Lipinski definition) is 1. The minimum absolute atomic E-state index is 0.0946. The highest BCUT2D eigenvalue weighted by Crippen LogP contribution is 2.18. The molecule has 0 aliphatic carbocycles. The number of benzene rings is 2. The zero-order valence-corrected chi connectivity index (χ0v) is 12.9. The maximum Gasteiger partial charge on any atom is 0.270 e. The van der Waals surface area contributed by atoms with Crippen LogP contribution >= 0.6 is 0 Å². The van der Waals surface area contributed by atoms with Crippen molar-refractivity contribution in [1.29, 1.82) is 0 Å². The molecule has 7 nitrogen and oxygen atoms in total. The summed E-state index contributed by atoms with van der Waals surface area (Å²) >= 11 is 0. The van der Waals surface area contributed by atoms with Crippen molar-refractivity contribution in [3.8, 4) is 23.0 Å². The van der Waals surface area contributed by atoms with Crippen molar-refractivity contribution < 1.29 is 18.8 Å². The lowest BCUT2D eigenvalue weighted by Gasteiger charge is -2.06. The van der Waals surface area contributed by atoms with Gasteiger partial charge >= 0.3 is 0 Å². The van der Waals surface area contributed by atoms with Gasteiger partial charge in [-0.25, -0.2) is 0 Å². The number of nitrogens with zero attached hydrogens (tertiary/aromatic N) is 2. The predicted octanol–water partition coefficient (Wildman–Crippen LogP) is 2.76. The van der Waals surface area contributed by atoms with Crippen molar-refractivity contribution in [2.45, 2.75) is 0 Å². The van der Waals surface area contributed by atoms with E-state index in [1.165, 1.54) is 0 Å². The van der Waals surface area contributed by atoms with Crippen molar-refractivity contribution in [2.75, 3.05) is 19.0 Å². The first-order valence-corrected chi connectivity index (χ1v) is 7.20. The lowest BCUT2D eigenvalue weighted by Crippen LogP contribution is -2.20. The number of carbonyl (C=O) groups is 1. The van der Waals surface area contributed by atoms with Crippen LogP contribution in [-0.4, -0.2) is 29.8 Å². The van der Waals surface area contributed by atoms with Crippen molar-refractivity contribution in [1.82, 2.24) is 10.1 Å². The second-order valence-electron chi connectivity index (χ2n) is 4.80. The Kier molecular flexibility index (Phi) is 4.71. The minimum Gasteiger partial charge on any atom is -0.497 e. The van der Waals surface area contributed by atoms with Gasteiger partial charge in [0.15, 0.2) is 6.61 Å². The van der Waals surface area contributed by atoms with E-state index in [-0.39, 0.29) is 18.5 Å². The van der Waals surface area contributed by atoms with Crippen molar-refractivity contribution >= 4 is 11.9 Å². The second-order valence-corrected chi connectivity index (χ2v) is 4.80. The summed E-state index contributed by atoms with van der Waals surface area (Å²) in [6, 6.07) is 16.2. The summed E-state index contributed by atoms with van der Waals surface area (Å²) in [7, 11) is 1.58. The van der Waals surface area contributed by atoms with Gasteiger partial charge in [-0.15, -0.1) is 0 Å². The Labute approximate surface area is 138 Å². The van der Waals surface area contributed by atoms with Crippen LogP contribution in [0.1, 0.15) is 0 Å². The fourth-order valence-electron chi connectivity index (χ4n) is 1.95. The van der Waals surface area contributed by atoms with Crippen LogP contribution in [0.4, 0.5) is 5.95 Å². The van der Waals surface area contributed by atoms with Crippen LogP contribution in [0, 0.1) is 0 Å². The molecule has 0 aliphatic rings. The molecular weight excluding hydrogens is 310 g/mol. The Morgan fingerprint density at radius 2 is 1.79 bits per heavy atom. The normalized spacial score (nSPS) is 10.2. The Morgan fingerprint density at radius 3 is 2.50 bits per heavy atom. The number of methoxy groups -OCH3 is 1. The molecule has 0 spiro atoms. The van der Waals surface area contributed by atoms with E-state index in [0.29, 0.717) is 17.4 Å². The monoisotopic (exact) mass is 325 g/mol. The lowest BCUT2D eigenvalue weighted by atomic mass is 10.2. The summed E-state index contributed by atoms with van der Waals surface area (Å²) in [6.45, 7) is -0.165. The van der Waals surface area contributed by atoms with Crippen LogP contribution < -0.4 is 14.8 Å². The summed E-state index contributed by atoms with van der Waals surface area (Å²) in [5.41, 5.74) is 0.778. The van der Waals surface area contributed by atoms with Gasteiger partial charge in [0.2, 0.25) is 0 Å². The zero-order chi connectivity index (χ0) is 16.8. The van der Waals surface area contributed by atoms with Gasteiger partial charge in [0.05, 0.1) is 7.11 Å². The molecule has 0 aliphatic heterocycles. The zero-order valence-electron chi connectivity index (χ0n) is 12.9. The van der Waals surface area contributed by atoms with Crippen LogP contribution in [0.15, 0.2) is 59.1 Å². The van der Waals surface area contributed by atoms with Gasteiger partial charge in [0.1, 0.15) is 11.5 Å². The number of nitrogens with one attached hydrogen (secondary N) is 1. The Bertz CT molecular complexity index is 800. The van der Waals surface area contributed by atoms with Gasteiger partial charge in [0.25, 0.3) is 17.7 Å². The molecule has 0 bridgehead atoms. The van der Waals surface area contributed by atoms with Gasteiger partial charge in [-0.3, -0.25) is 10.1 Å². The van der Waals surface area contributed by atoms with Gasteiger partial charge in [-0.2, -0.15) is 4.98 Å². The van der Waals surface area contributed by atoms with Crippen molar-refractivity contribution in [3.05, 3.63) is 54.6 Å². The molecule has 0 unspecified atom stereocenters. The molecule has 0 radical (unpaired) electrons. The van der Waals surface area contributed by atoms with Gasteiger partial charge in [-0.1, -0.05) is 18.2 Å². The summed E-state index contributed by atoms with van der Waals surface area (Å²) in [4.78, 5) is 16.0. The van der Waals surface area contributed by atoms with Gasteiger partial charge in [-0.05, 0) is 41.6 Å². The average Bonchev–Trinajstić information content (AvgIpc) is 3.09.